The molecule has 0 bridgehead atoms. The number of hydrogen-bond acceptors (Lipinski definition) is 3. The van der Waals surface area contributed by atoms with Crippen LogP contribution in [-0.4, -0.2) is 23.4 Å². The molecule has 6 heteroatoms. The van der Waals surface area contributed by atoms with Gasteiger partial charge in [0.1, 0.15) is 12.2 Å². The quantitative estimate of drug-likeness (QED) is 0.895. The van der Waals surface area contributed by atoms with Crippen LogP contribution in [0.1, 0.15) is 31.9 Å². The van der Waals surface area contributed by atoms with E-state index < -0.39 is 24.2 Å². The van der Waals surface area contributed by atoms with Crippen LogP contribution >= 0.6 is 0 Å². The van der Waals surface area contributed by atoms with Crippen LogP contribution in [-0.2, 0) is 10.7 Å². The van der Waals surface area contributed by atoms with Crippen LogP contribution < -0.4 is 5.32 Å². The summed E-state index contributed by atoms with van der Waals surface area (Å²) in [5, 5.41) is 11.1. The molecule has 0 aliphatic heterocycles. The zero-order chi connectivity index (χ0) is 15.6. The summed E-state index contributed by atoms with van der Waals surface area (Å²) in [4.78, 5) is 11.6. The number of aliphatic hydroxyl groups excluding tert-OH is 1. The lowest BCUT2D eigenvalue weighted by molar-refractivity contribution is -0.0555. The van der Waals surface area contributed by atoms with Crippen molar-refractivity contribution in [2.24, 2.45) is 0 Å². The van der Waals surface area contributed by atoms with Gasteiger partial charge in [-0.15, -0.1) is 0 Å². The zero-order valence-corrected chi connectivity index (χ0v) is 12.0. The highest BCUT2D eigenvalue weighted by Gasteiger charge is 2.31. The van der Waals surface area contributed by atoms with Gasteiger partial charge in [0.15, 0.2) is 0 Å². The van der Waals surface area contributed by atoms with Crippen molar-refractivity contribution in [3.63, 3.8) is 0 Å². The highest BCUT2D eigenvalue weighted by atomic mass is 19.3. The number of halogens is 2. The topological polar surface area (TPSA) is 58.6 Å². The Labute approximate surface area is 116 Å². The average Bonchev–Trinajstić information content (AvgIpc) is 2.29. The van der Waals surface area contributed by atoms with E-state index in [1.54, 1.807) is 27.7 Å². The van der Waals surface area contributed by atoms with E-state index in [-0.39, 0.29) is 11.3 Å². The van der Waals surface area contributed by atoms with Crippen molar-refractivity contribution in [3.05, 3.63) is 29.3 Å². The van der Waals surface area contributed by atoms with Crippen molar-refractivity contribution in [1.82, 2.24) is 0 Å². The third kappa shape index (κ3) is 4.45. The molecule has 0 spiro atoms. The van der Waals surface area contributed by atoms with Gasteiger partial charge in [-0.3, -0.25) is 5.32 Å². The van der Waals surface area contributed by atoms with Gasteiger partial charge in [0.25, 0.3) is 5.92 Å². The lowest BCUT2D eigenvalue weighted by Crippen LogP contribution is -2.27. The Morgan fingerprint density at radius 1 is 1.35 bits per heavy atom. The van der Waals surface area contributed by atoms with Gasteiger partial charge in [-0.2, -0.15) is 8.78 Å². The van der Waals surface area contributed by atoms with E-state index in [9.17, 15) is 13.6 Å². The number of aryl methyl sites for hydroxylation is 1. The van der Waals surface area contributed by atoms with Gasteiger partial charge in [0.05, 0.1) is 0 Å². The normalized spacial score (nSPS) is 12.2. The van der Waals surface area contributed by atoms with E-state index in [0.29, 0.717) is 5.56 Å². The number of carbonyl (C=O) groups excluding carboxylic acids is 1. The summed E-state index contributed by atoms with van der Waals surface area (Å²) in [6.45, 7) is 5.50. The Kier molecular flexibility index (Phi) is 4.70. The standard InChI is InChI=1S/C14H19F2NO3/c1-9-5-6-10(14(15,16)8-18)7-11(9)17-12(19)20-13(2,3)4/h5-7,18H,8H2,1-4H3,(H,17,19). The summed E-state index contributed by atoms with van der Waals surface area (Å²) < 4.78 is 31.9. The van der Waals surface area contributed by atoms with Crippen molar-refractivity contribution >= 4 is 11.8 Å². The van der Waals surface area contributed by atoms with Crippen molar-refractivity contribution < 1.29 is 23.4 Å². The van der Waals surface area contributed by atoms with E-state index in [4.69, 9.17) is 9.84 Å². The second-order valence-electron chi connectivity index (χ2n) is 5.52. The third-order valence-corrected chi connectivity index (χ3v) is 2.49. The fourth-order valence-electron chi connectivity index (χ4n) is 1.49. The molecule has 0 radical (unpaired) electrons. The minimum Gasteiger partial charge on any atom is -0.444 e. The molecule has 1 rings (SSSR count). The summed E-state index contributed by atoms with van der Waals surface area (Å²) in [7, 11) is 0. The minimum atomic E-state index is -3.35. The molecular weight excluding hydrogens is 268 g/mol. The molecule has 112 valence electrons. The monoisotopic (exact) mass is 287 g/mol. The largest absolute Gasteiger partial charge is 0.444 e. The van der Waals surface area contributed by atoms with Crippen molar-refractivity contribution in [2.75, 3.05) is 11.9 Å². The van der Waals surface area contributed by atoms with Gasteiger partial charge in [-0.05, 0) is 39.3 Å². The predicted molar refractivity (Wildman–Crippen MR) is 72.0 cm³/mol. The second kappa shape index (κ2) is 5.75. The van der Waals surface area contributed by atoms with Crippen molar-refractivity contribution in [1.29, 1.82) is 0 Å². The van der Waals surface area contributed by atoms with Crippen LogP contribution in [0.2, 0.25) is 0 Å². The molecule has 0 aromatic heterocycles. The highest BCUT2D eigenvalue weighted by Crippen LogP contribution is 2.30. The fourth-order valence-corrected chi connectivity index (χ4v) is 1.49. The van der Waals surface area contributed by atoms with Crippen LogP contribution in [0, 0.1) is 6.92 Å². The predicted octanol–water partition coefficient (Wildman–Crippen LogP) is 3.43. The Balaban J connectivity index is 2.96. The molecule has 1 amide bonds. The van der Waals surface area contributed by atoms with Crippen molar-refractivity contribution in [3.8, 4) is 0 Å². The molecule has 2 N–H and O–H groups in total. The van der Waals surface area contributed by atoms with Crippen LogP contribution in [0.3, 0.4) is 0 Å². The Morgan fingerprint density at radius 2 is 1.95 bits per heavy atom. The molecule has 0 unspecified atom stereocenters. The van der Waals surface area contributed by atoms with Crippen LogP contribution in [0.15, 0.2) is 18.2 Å². The maximum Gasteiger partial charge on any atom is 0.412 e. The Morgan fingerprint density at radius 3 is 2.45 bits per heavy atom. The molecule has 0 fully saturated rings. The first kappa shape index (κ1) is 16.4. The third-order valence-electron chi connectivity index (χ3n) is 2.49. The minimum absolute atomic E-state index is 0.227. The lowest BCUT2D eigenvalue weighted by atomic mass is 10.1. The summed E-state index contributed by atoms with van der Waals surface area (Å²) in [5.74, 6) is -3.35. The first-order valence-corrected chi connectivity index (χ1v) is 6.15. The van der Waals surface area contributed by atoms with E-state index in [0.717, 1.165) is 6.07 Å². The van der Waals surface area contributed by atoms with Crippen LogP contribution in [0.4, 0.5) is 19.3 Å². The molecular formula is C14H19F2NO3. The zero-order valence-electron chi connectivity index (χ0n) is 12.0. The number of nitrogens with one attached hydrogen (secondary N) is 1. The Bertz CT molecular complexity index is 496. The molecule has 0 heterocycles. The molecule has 0 atom stereocenters. The molecule has 4 nitrogen and oxygen atoms in total. The first-order chi connectivity index (χ1) is 9.05. The summed E-state index contributed by atoms with van der Waals surface area (Å²) >= 11 is 0. The van der Waals surface area contributed by atoms with E-state index in [1.807, 2.05) is 0 Å². The van der Waals surface area contributed by atoms with Gasteiger partial charge in [-0.1, -0.05) is 12.1 Å². The van der Waals surface area contributed by atoms with Gasteiger partial charge in [0.2, 0.25) is 0 Å². The van der Waals surface area contributed by atoms with Gasteiger partial charge < -0.3 is 9.84 Å². The molecule has 0 aliphatic carbocycles. The summed E-state index contributed by atoms with van der Waals surface area (Å²) in [6.07, 6.45) is -0.718. The molecule has 0 aliphatic rings. The van der Waals surface area contributed by atoms with E-state index in [2.05, 4.69) is 5.32 Å². The fraction of sp³-hybridized carbons (Fsp3) is 0.500. The molecule has 0 saturated heterocycles. The summed E-state index contributed by atoms with van der Waals surface area (Å²) in [6, 6.07) is 3.80. The lowest BCUT2D eigenvalue weighted by Gasteiger charge is -2.21. The van der Waals surface area contributed by atoms with E-state index >= 15 is 0 Å². The number of ether oxygens (including phenoxy) is 1. The first-order valence-electron chi connectivity index (χ1n) is 6.15. The SMILES string of the molecule is Cc1ccc(C(F)(F)CO)cc1NC(=O)OC(C)(C)C. The smallest absolute Gasteiger partial charge is 0.412 e. The maximum atomic E-state index is 13.4. The number of benzene rings is 1. The molecule has 1 aromatic rings. The number of rotatable bonds is 3. The summed E-state index contributed by atoms with van der Waals surface area (Å²) in [5.41, 5.74) is -0.195. The second-order valence-corrected chi connectivity index (χ2v) is 5.52. The number of alkyl halides is 2. The maximum absolute atomic E-state index is 13.4. The van der Waals surface area contributed by atoms with Gasteiger partial charge in [-0.25, -0.2) is 4.79 Å². The van der Waals surface area contributed by atoms with Gasteiger partial charge >= 0.3 is 6.09 Å². The molecule has 0 saturated carbocycles. The number of carbonyl (C=O) groups is 1. The number of anilines is 1. The van der Waals surface area contributed by atoms with Crippen molar-refractivity contribution in [2.45, 2.75) is 39.2 Å². The van der Waals surface area contributed by atoms with Gasteiger partial charge in [0, 0.05) is 11.3 Å². The Hall–Kier alpha value is -1.69. The highest BCUT2D eigenvalue weighted by molar-refractivity contribution is 5.86. The van der Waals surface area contributed by atoms with Crippen LogP contribution in [0.5, 0.6) is 0 Å². The van der Waals surface area contributed by atoms with Crippen LogP contribution in [0.25, 0.3) is 0 Å². The number of aliphatic hydroxyl groups is 1. The average molecular weight is 287 g/mol. The molecule has 1 aromatic carbocycles. The number of amides is 1. The van der Waals surface area contributed by atoms with E-state index in [1.165, 1.54) is 12.1 Å². The number of hydrogen-bond donors (Lipinski definition) is 2. The molecule has 20 heavy (non-hydrogen) atoms.